The summed E-state index contributed by atoms with van der Waals surface area (Å²) in [6.07, 6.45) is 3.48. The summed E-state index contributed by atoms with van der Waals surface area (Å²) in [5.41, 5.74) is 6.27. The first-order valence-electron chi connectivity index (χ1n) is 11.6. The van der Waals surface area contributed by atoms with Crippen molar-refractivity contribution in [3.8, 4) is 17.1 Å². The Hall–Kier alpha value is -4.11. The average Bonchev–Trinajstić information content (AvgIpc) is 3.54. The lowest BCUT2D eigenvalue weighted by molar-refractivity contribution is 0.599. The zero-order valence-electron chi connectivity index (χ0n) is 19.4. The van der Waals surface area contributed by atoms with Crippen molar-refractivity contribution in [1.82, 2.24) is 34.6 Å². The van der Waals surface area contributed by atoms with Gasteiger partial charge in [0.2, 0.25) is 0 Å². The Morgan fingerprint density at radius 1 is 1.09 bits per heavy atom. The van der Waals surface area contributed by atoms with Crippen molar-refractivity contribution in [2.45, 2.75) is 39.4 Å². The number of nitrogens with zero attached hydrogens (tertiary/aromatic N) is 5. The molecule has 0 radical (unpaired) electrons. The molecule has 0 aliphatic carbocycles. The molecule has 6 rings (SSSR count). The van der Waals surface area contributed by atoms with E-state index < -0.39 is 0 Å². The molecule has 4 heterocycles. The Morgan fingerprint density at radius 2 is 1.91 bits per heavy atom. The number of halogens is 1. The van der Waals surface area contributed by atoms with Crippen LogP contribution in [-0.2, 0) is 19.6 Å². The lowest BCUT2D eigenvalue weighted by Crippen LogP contribution is -2.18. The molecule has 5 aromatic rings. The van der Waals surface area contributed by atoms with Crippen LogP contribution in [0.5, 0.6) is 0 Å². The van der Waals surface area contributed by atoms with Gasteiger partial charge in [-0.05, 0) is 29.7 Å². The summed E-state index contributed by atoms with van der Waals surface area (Å²) in [5.74, 6) is 0.0699. The van der Waals surface area contributed by atoms with Gasteiger partial charge < -0.3 is 10.3 Å². The lowest BCUT2D eigenvalue weighted by atomic mass is 9.96. The molecule has 0 spiro atoms. The molecule has 2 N–H and O–H groups in total. The van der Waals surface area contributed by atoms with Crippen LogP contribution >= 0.6 is 0 Å². The van der Waals surface area contributed by atoms with E-state index in [1.165, 1.54) is 17.3 Å². The van der Waals surface area contributed by atoms with Crippen LogP contribution < -0.4 is 11.0 Å². The van der Waals surface area contributed by atoms with E-state index in [1.54, 1.807) is 16.8 Å². The first kappa shape index (κ1) is 21.4. The third kappa shape index (κ3) is 3.64. The highest BCUT2D eigenvalue weighted by atomic mass is 19.1. The number of hydrogen-bond donors (Lipinski definition) is 2. The number of aromatic amines is 1. The van der Waals surface area contributed by atoms with Crippen LogP contribution in [0.25, 0.3) is 28.2 Å². The van der Waals surface area contributed by atoms with Crippen LogP contribution in [0.2, 0.25) is 0 Å². The monoisotopic (exact) mass is 469 g/mol. The highest BCUT2D eigenvalue weighted by Crippen LogP contribution is 2.30. The molecule has 0 saturated heterocycles. The minimum atomic E-state index is -0.286. The summed E-state index contributed by atoms with van der Waals surface area (Å²) in [5, 5.41) is 7.84. The largest absolute Gasteiger partial charge is 0.328 e. The zero-order valence-corrected chi connectivity index (χ0v) is 19.4. The maximum atomic E-state index is 14.6. The van der Waals surface area contributed by atoms with Gasteiger partial charge in [-0.15, -0.1) is 0 Å². The van der Waals surface area contributed by atoms with Crippen molar-refractivity contribution < 1.29 is 4.39 Å². The van der Waals surface area contributed by atoms with E-state index in [0.717, 1.165) is 24.3 Å². The van der Waals surface area contributed by atoms with Crippen molar-refractivity contribution in [2.75, 3.05) is 0 Å². The minimum Gasteiger partial charge on any atom is -0.307 e. The van der Waals surface area contributed by atoms with Gasteiger partial charge >= 0.3 is 5.69 Å². The van der Waals surface area contributed by atoms with Crippen LogP contribution in [0.15, 0.2) is 59.7 Å². The first-order chi connectivity index (χ1) is 17.0. The predicted molar refractivity (Wildman–Crippen MR) is 131 cm³/mol. The maximum absolute atomic E-state index is 14.6. The van der Waals surface area contributed by atoms with Gasteiger partial charge in [0.15, 0.2) is 11.5 Å². The van der Waals surface area contributed by atoms with Gasteiger partial charge in [-0.1, -0.05) is 38.1 Å². The molecule has 0 bridgehead atoms. The summed E-state index contributed by atoms with van der Waals surface area (Å²) in [4.78, 5) is 24.7. The molecule has 2 aromatic carbocycles. The molecule has 8 nitrogen and oxygen atoms in total. The lowest BCUT2D eigenvalue weighted by Gasteiger charge is -2.13. The van der Waals surface area contributed by atoms with E-state index in [-0.39, 0.29) is 17.4 Å². The van der Waals surface area contributed by atoms with Crippen molar-refractivity contribution in [3.63, 3.8) is 0 Å². The van der Waals surface area contributed by atoms with Gasteiger partial charge in [0.05, 0.1) is 30.3 Å². The third-order valence-corrected chi connectivity index (χ3v) is 6.47. The van der Waals surface area contributed by atoms with Gasteiger partial charge in [0, 0.05) is 29.8 Å². The van der Waals surface area contributed by atoms with Crippen LogP contribution in [0.4, 0.5) is 4.39 Å². The molecule has 3 aromatic heterocycles. The number of fused-ring (bicyclic) bond motifs is 2. The fourth-order valence-corrected chi connectivity index (χ4v) is 4.75. The predicted octanol–water partition coefficient (Wildman–Crippen LogP) is 3.89. The topological polar surface area (TPSA) is 93.4 Å². The molecule has 0 atom stereocenters. The average molecular weight is 470 g/mol. The second-order valence-corrected chi connectivity index (χ2v) is 9.10. The molecular formula is C26H24FN7O. The van der Waals surface area contributed by atoms with E-state index in [2.05, 4.69) is 25.4 Å². The summed E-state index contributed by atoms with van der Waals surface area (Å²) >= 11 is 0. The van der Waals surface area contributed by atoms with Gasteiger partial charge in [-0.2, -0.15) is 5.10 Å². The SMILES string of the molecule is CC(C)c1c(F)cccc1-c1ncc2[nH]c(=O)n(Cc3ccc(-n4ncc5c4CNC5)cc3)c2n1. The second-order valence-electron chi connectivity index (χ2n) is 9.10. The number of rotatable bonds is 5. The molecule has 176 valence electrons. The van der Waals surface area contributed by atoms with Crippen LogP contribution in [0.3, 0.4) is 0 Å². The fraction of sp³-hybridized carbons (Fsp3) is 0.231. The van der Waals surface area contributed by atoms with Gasteiger partial charge in [-0.3, -0.25) is 4.57 Å². The number of benzene rings is 2. The highest BCUT2D eigenvalue weighted by Gasteiger charge is 2.19. The van der Waals surface area contributed by atoms with E-state index in [1.807, 2.05) is 55.1 Å². The molecule has 1 aliphatic heterocycles. The van der Waals surface area contributed by atoms with Gasteiger partial charge in [0.1, 0.15) is 11.3 Å². The highest BCUT2D eigenvalue weighted by molar-refractivity contribution is 5.74. The minimum absolute atomic E-state index is 0.0378. The Morgan fingerprint density at radius 3 is 2.71 bits per heavy atom. The standard InChI is InChI=1S/C26H24FN7O/c1-15(2)23-19(4-3-5-20(23)27)24-29-12-21-25(32-24)33(26(35)31-21)14-16-6-8-18(9-7-16)34-22-13-28-10-17(22)11-30-34/h3-9,11-12,15,28H,10,13-14H2,1-2H3,(H,31,35). The molecular weight excluding hydrogens is 445 g/mol. The molecule has 0 fully saturated rings. The normalized spacial score (nSPS) is 13.1. The molecule has 0 amide bonds. The number of aromatic nitrogens is 6. The molecule has 35 heavy (non-hydrogen) atoms. The van der Waals surface area contributed by atoms with Crippen LogP contribution in [-0.4, -0.2) is 29.3 Å². The summed E-state index contributed by atoms with van der Waals surface area (Å²) in [7, 11) is 0. The smallest absolute Gasteiger partial charge is 0.307 e. The van der Waals surface area contributed by atoms with E-state index in [9.17, 15) is 9.18 Å². The van der Waals surface area contributed by atoms with Crippen molar-refractivity contribution in [2.24, 2.45) is 0 Å². The van der Waals surface area contributed by atoms with Crippen LogP contribution in [0, 0.1) is 5.82 Å². The molecule has 0 unspecified atom stereocenters. The Balaban J connectivity index is 1.36. The van der Waals surface area contributed by atoms with E-state index >= 15 is 0 Å². The van der Waals surface area contributed by atoms with Crippen molar-refractivity contribution in [3.05, 3.63) is 93.5 Å². The maximum Gasteiger partial charge on any atom is 0.328 e. The van der Waals surface area contributed by atoms with E-state index in [0.29, 0.717) is 34.7 Å². The molecule has 1 aliphatic rings. The Bertz CT molecular complexity index is 1610. The first-order valence-corrected chi connectivity index (χ1v) is 11.6. The van der Waals surface area contributed by atoms with Gasteiger partial charge in [0.25, 0.3) is 0 Å². The zero-order chi connectivity index (χ0) is 24.1. The van der Waals surface area contributed by atoms with Crippen molar-refractivity contribution >= 4 is 11.2 Å². The number of H-pyrrole nitrogens is 1. The summed E-state index contributed by atoms with van der Waals surface area (Å²) in [6.45, 7) is 5.85. The Labute approximate surface area is 200 Å². The van der Waals surface area contributed by atoms with Crippen molar-refractivity contribution in [1.29, 1.82) is 0 Å². The van der Waals surface area contributed by atoms with E-state index in [4.69, 9.17) is 0 Å². The molecule has 9 heteroatoms. The third-order valence-electron chi connectivity index (χ3n) is 6.47. The summed E-state index contributed by atoms with van der Waals surface area (Å²) in [6, 6.07) is 12.9. The molecule has 0 saturated carbocycles. The van der Waals surface area contributed by atoms with Crippen LogP contribution in [0.1, 0.15) is 42.1 Å². The number of nitrogens with one attached hydrogen (secondary N) is 2. The second kappa shape index (κ2) is 8.28. The summed E-state index contributed by atoms with van der Waals surface area (Å²) < 4.78 is 18.1. The van der Waals surface area contributed by atoms with Gasteiger partial charge in [-0.25, -0.2) is 23.8 Å². The number of imidazole rings is 1. The number of hydrogen-bond acceptors (Lipinski definition) is 5. The Kier molecular flexibility index (Phi) is 5.07. The fourth-order valence-electron chi connectivity index (χ4n) is 4.75. The quantitative estimate of drug-likeness (QED) is 0.407.